The third kappa shape index (κ3) is 2.15. The highest BCUT2D eigenvalue weighted by Gasteiger charge is 2.17. The minimum Gasteiger partial charge on any atom is -0.397 e. The van der Waals surface area contributed by atoms with Gasteiger partial charge in [0.25, 0.3) is 0 Å². The monoisotopic (exact) mass is 309 g/mol. The molecule has 2 rings (SSSR count). The Bertz CT molecular complexity index is 661. The standard InChI is InChI=1S/C12H12BrN3O2/c1-6(17)5-16-12-9(11(15-16)7(2)18)3-8(13)4-10(12)14/h3-4H,5,14H2,1-2H3. The maximum atomic E-state index is 11.6. The van der Waals surface area contributed by atoms with Crippen LogP contribution in [0.5, 0.6) is 0 Å². The predicted molar refractivity (Wildman–Crippen MR) is 72.5 cm³/mol. The van der Waals surface area contributed by atoms with E-state index in [0.717, 1.165) is 4.47 Å². The van der Waals surface area contributed by atoms with Gasteiger partial charge in [-0.15, -0.1) is 0 Å². The van der Waals surface area contributed by atoms with Crippen LogP contribution in [0.1, 0.15) is 24.3 Å². The molecule has 0 radical (unpaired) electrons. The molecule has 0 aliphatic carbocycles. The first-order chi connectivity index (χ1) is 8.40. The van der Waals surface area contributed by atoms with E-state index in [4.69, 9.17) is 5.73 Å². The second kappa shape index (κ2) is 4.53. The molecule has 6 heteroatoms. The summed E-state index contributed by atoms with van der Waals surface area (Å²) >= 11 is 3.33. The minimum absolute atomic E-state index is 0.0446. The predicted octanol–water partition coefficient (Wildman–Crippen LogP) is 2.17. The number of nitrogen functional groups attached to an aromatic ring is 1. The number of anilines is 1. The molecule has 0 aliphatic heterocycles. The molecule has 0 spiro atoms. The van der Waals surface area contributed by atoms with Gasteiger partial charge in [0, 0.05) is 16.8 Å². The number of carbonyl (C=O) groups excluding carboxylic acids is 2. The molecule has 1 heterocycles. The first-order valence-electron chi connectivity index (χ1n) is 5.36. The van der Waals surface area contributed by atoms with Crippen LogP contribution in [0, 0.1) is 0 Å². The summed E-state index contributed by atoms with van der Waals surface area (Å²) in [5.74, 6) is -0.198. The summed E-state index contributed by atoms with van der Waals surface area (Å²) in [5.41, 5.74) is 7.38. The van der Waals surface area contributed by atoms with E-state index in [2.05, 4.69) is 21.0 Å². The number of rotatable bonds is 3. The van der Waals surface area contributed by atoms with Gasteiger partial charge in [0.1, 0.15) is 5.69 Å². The van der Waals surface area contributed by atoms with E-state index in [1.165, 1.54) is 18.5 Å². The van der Waals surface area contributed by atoms with Crippen LogP contribution in [-0.4, -0.2) is 21.3 Å². The van der Waals surface area contributed by atoms with Crippen molar-refractivity contribution in [2.75, 3.05) is 5.73 Å². The first kappa shape index (κ1) is 12.8. The number of ketones is 2. The van der Waals surface area contributed by atoms with Crippen molar-refractivity contribution in [1.29, 1.82) is 0 Å². The van der Waals surface area contributed by atoms with E-state index in [9.17, 15) is 9.59 Å². The zero-order valence-corrected chi connectivity index (χ0v) is 11.6. The van der Waals surface area contributed by atoms with E-state index < -0.39 is 0 Å². The first-order valence-corrected chi connectivity index (χ1v) is 6.15. The molecule has 0 amide bonds. The zero-order chi connectivity index (χ0) is 13.4. The number of nitrogens with two attached hydrogens (primary N) is 1. The molecular weight excluding hydrogens is 298 g/mol. The lowest BCUT2D eigenvalue weighted by atomic mass is 10.1. The molecular formula is C12H12BrN3O2. The average molecular weight is 310 g/mol. The third-order valence-electron chi connectivity index (χ3n) is 2.54. The summed E-state index contributed by atoms with van der Waals surface area (Å²) in [6, 6.07) is 3.51. The second-order valence-electron chi connectivity index (χ2n) is 4.16. The number of hydrogen-bond donors (Lipinski definition) is 1. The van der Waals surface area contributed by atoms with Gasteiger partial charge in [-0.05, 0) is 19.1 Å². The highest BCUT2D eigenvalue weighted by Crippen LogP contribution is 2.29. The van der Waals surface area contributed by atoms with Crippen molar-refractivity contribution < 1.29 is 9.59 Å². The SMILES string of the molecule is CC(=O)Cn1nc(C(C)=O)c2cc(Br)cc(N)c21. The van der Waals surface area contributed by atoms with Crippen LogP contribution in [0.2, 0.25) is 0 Å². The van der Waals surface area contributed by atoms with E-state index in [1.54, 1.807) is 12.1 Å². The molecule has 5 nitrogen and oxygen atoms in total. The Morgan fingerprint density at radius 3 is 2.61 bits per heavy atom. The quantitative estimate of drug-likeness (QED) is 0.696. The number of halogens is 1. The van der Waals surface area contributed by atoms with Gasteiger partial charge in [0.05, 0.1) is 17.7 Å². The van der Waals surface area contributed by atoms with Crippen LogP contribution < -0.4 is 5.73 Å². The Hall–Kier alpha value is -1.69. The molecule has 0 saturated heterocycles. The van der Waals surface area contributed by atoms with Crippen LogP contribution in [-0.2, 0) is 11.3 Å². The van der Waals surface area contributed by atoms with Crippen molar-refractivity contribution in [3.8, 4) is 0 Å². The highest BCUT2D eigenvalue weighted by atomic mass is 79.9. The van der Waals surface area contributed by atoms with Gasteiger partial charge >= 0.3 is 0 Å². The number of fused-ring (bicyclic) bond motifs is 1. The molecule has 0 atom stereocenters. The molecule has 0 unspecified atom stereocenters. The Morgan fingerprint density at radius 1 is 1.39 bits per heavy atom. The van der Waals surface area contributed by atoms with Crippen molar-refractivity contribution in [3.63, 3.8) is 0 Å². The van der Waals surface area contributed by atoms with E-state index in [-0.39, 0.29) is 18.1 Å². The Kier molecular flexibility index (Phi) is 3.21. The van der Waals surface area contributed by atoms with Gasteiger partial charge in [-0.2, -0.15) is 5.10 Å². The summed E-state index contributed by atoms with van der Waals surface area (Å²) in [4.78, 5) is 22.8. The van der Waals surface area contributed by atoms with Crippen molar-refractivity contribution in [2.24, 2.45) is 0 Å². The van der Waals surface area contributed by atoms with Crippen LogP contribution in [0.15, 0.2) is 16.6 Å². The van der Waals surface area contributed by atoms with Crippen LogP contribution in [0.4, 0.5) is 5.69 Å². The fourth-order valence-corrected chi connectivity index (χ4v) is 2.37. The third-order valence-corrected chi connectivity index (χ3v) is 3.00. The lowest BCUT2D eigenvalue weighted by Crippen LogP contribution is -2.09. The minimum atomic E-state index is -0.153. The van der Waals surface area contributed by atoms with Crippen molar-refractivity contribution in [2.45, 2.75) is 20.4 Å². The zero-order valence-electron chi connectivity index (χ0n) is 10.0. The summed E-state index contributed by atoms with van der Waals surface area (Å²) in [6.45, 7) is 3.02. The van der Waals surface area contributed by atoms with Gasteiger partial charge in [-0.25, -0.2) is 0 Å². The maximum Gasteiger partial charge on any atom is 0.180 e. The Balaban J connectivity index is 2.80. The number of hydrogen-bond acceptors (Lipinski definition) is 4. The Labute approximate surface area is 112 Å². The van der Waals surface area contributed by atoms with Gasteiger partial charge in [-0.3, -0.25) is 14.3 Å². The molecule has 1 aromatic carbocycles. The maximum absolute atomic E-state index is 11.6. The topological polar surface area (TPSA) is 78.0 Å². The lowest BCUT2D eigenvalue weighted by molar-refractivity contribution is -0.117. The van der Waals surface area contributed by atoms with Crippen LogP contribution in [0.25, 0.3) is 10.9 Å². The van der Waals surface area contributed by atoms with Crippen molar-refractivity contribution >= 4 is 44.1 Å². The summed E-state index contributed by atoms with van der Waals surface area (Å²) < 4.78 is 2.26. The number of aromatic nitrogens is 2. The van der Waals surface area contributed by atoms with Crippen molar-refractivity contribution in [3.05, 3.63) is 22.3 Å². The highest BCUT2D eigenvalue weighted by molar-refractivity contribution is 9.10. The second-order valence-corrected chi connectivity index (χ2v) is 5.07. The molecule has 2 N–H and O–H groups in total. The summed E-state index contributed by atoms with van der Waals surface area (Å²) in [5, 5.41) is 4.84. The number of carbonyl (C=O) groups is 2. The number of benzene rings is 1. The normalized spacial score (nSPS) is 10.8. The smallest absolute Gasteiger partial charge is 0.180 e. The van der Waals surface area contributed by atoms with Crippen LogP contribution in [0.3, 0.4) is 0 Å². The summed E-state index contributed by atoms with van der Waals surface area (Å²) in [7, 11) is 0. The van der Waals surface area contributed by atoms with Gasteiger partial charge in [0.2, 0.25) is 0 Å². The van der Waals surface area contributed by atoms with E-state index >= 15 is 0 Å². The largest absolute Gasteiger partial charge is 0.397 e. The molecule has 0 aliphatic rings. The molecule has 18 heavy (non-hydrogen) atoms. The molecule has 0 saturated carbocycles. The van der Waals surface area contributed by atoms with Crippen molar-refractivity contribution in [1.82, 2.24) is 9.78 Å². The molecule has 0 bridgehead atoms. The van der Waals surface area contributed by atoms with E-state index in [0.29, 0.717) is 22.3 Å². The molecule has 2 aromatic rings. The molecule has 1 aromatic heterocycles. The van der Waals surface area contributed by atoms with Gasteiger partial charge in [0.15, 0.2) is 11.6 Å². The Morgan fingerprint density at radius 2 is 2.06 bits per heavy atom. The lowest BCUT2D eigenvalue weighted by Gasteiger charge is -2.03. The summed E-state index contributed by atoms with van der Waals surface area (Å²) in [6.07, 6.45) is 0. The molecule has 0 fully saturated rings. The fraction of sp³-hybridized carbons (Fsp3) is 0.250. The number of nitrogens with zero attached hydrogens (tertiary/aromatic N) is 2. The number of Topliss-reactive ketones (excluding diaryl/α,β-unsaturated/α-hetero) is 2. The van der Waals surface area contributed by atoms with Gasteiger partial charge in [-0.1, -0.05) is 15.9 Å². The molecule has 94 valence electrons. The average Bonchev–Trinajstić information content (AvgIpc) is 2.55. The van der Waals surface area contributed by atoms with Gasteiger partial charge < -0.3 is 5.73 Å². The van der Waals surface area contributed by atoms with E-state index in [1.807, 2.05) is 0 Å². The van der Waals surface area contributed by atoms with Crippen LogP contribution >= 0.6 is 15.9 Å². The fourth-order valence-electron chi connectivity index (χ4n) is 1.90.